The van der Waals surface area contributed by atoms with E-state index >= 15 is 0 Å². The van der Waals surface area contributed by atoms with Gasteiger partial charge in [-0.25, -0.2) is 4.39 Å². The first-order valence-electron chi connectivity index (χ1n) is 6.16. The second kappa shape index (κ2) is 4.42. The first-order chi connectivity index (χ1) is 8.71. The first kappa shape index (κ1) is 14.2. The number of hydrogen-bond acceptors (Lipinski definition) is 3. The zero-order chi connectivity index (χ0) is 14.4. The lowest BCUT2D eigenvalue weighted by Gasteiger charge is -2.28. The molecule has 2 unspecified atom stereocenters. The molecule has 0 amide bonds. The first-order valence-corrected chi connectivity index (χ1v) is 6.16. The maximum absolute atomic E-state index is 13.7. The van der Waals surface area contributed by atoms with E-state index in [9.17, 15) is 13.9 Å². The van der Waals surface area contributed by atoms with Crippen LogP contribution in [0.5, 0.6) is 5.75 Å². The lowest BCUT2D eigenvalue weighted by atomic mass is 9.89. The molecule has 1 fully saturated rings. The summed E-state index contributed by atoms with van der Waals surface area (Å²) < 4.78 is 37.5. The van der Waals surface area contributed by atoms with E-state index in [4.69, 9.17) is 9.47 Å². The highest BCUT2D eigenvalue weighted by Crippen LogP contribution is 2.48. The molecule has 1 saturated heterocycles. The van der Waals surface area contributed by atoms with Crippen LogP contribution in [0.1, 0.15) is 32.8 Å². The molecule has 1 aromatic rings. The van der Waals surface area contributed by atoms with E-state index in [-0.39, 0.29) is 17.2 Å². The van der Waals surface area contributed by atoms with E-state index in [1.807, 2.05) is 20.8 Å². The van der Waals surface area contributed by atoms with Crippen molar-refractivity contribution in [1.29, 1.82) is 0 Å². The summed E-state index contributed by atoms with van der Waals surface area (Å²) in [6.45, 7) is 5.63. The Balaban J connectivity index is 2.51. The van der Waals surface area contributed by atoms with Crippen molar-refractivity contribution < 1.29 is 23.4 Å². The number of halogens is 2. The molecule has 1 aliphatic rings. The van der Waals surface area contributed by atoms with Gasteiger partial charge in [-0.1, -0.05) is 6.92 Å². The molecule has 1 aromatic carbocycles. The van der Waals surface area contributed by atoms with Gasteiger partial charge < -0.3 is 14.6 Å². The standard InChI is InChI=1S/C14H18F2O3/c1-8-7-14(17,19-13(8,2)3)9-5-6-10(15)11(16)12(9)18-4/h5-6,8,17H,7H2,1-4H3. The molecule has 0 saturated carbocycles. The molecular formula is C14H18F2O3. The number of hydrogen-bond donors (Lipinski definition) is 1. The molecule has 2 rings (SSSR count). The van der Waals surface area contributed by atoms with Crippen molar-refractivity contribution in [2.45, 2.75) is 38.6 Å². The Hall–Kier alpha value is -1.20. The van der Waals surface area contributed by atoms with Crippen LogP contribution < -0.4 is 4.74 Å². The van der Waals surface area contributed by atoms with Gasteiger partial charge in [-0.05, 0) is 31.9 Å². The molecule has 1 aliphatic heterocycles. The Morgan fingerprint density at radius 2 is 2.00 bits per heavy atom. The zero-order valence-corrected chi connectivity index (χ0v) is 11.5. The van der Waals surface area contributed by atoms with Gasteiger partial charge in [-0.3, -0.25) is 0 Å². The summed E-state index contributed by atoms with van der Waals surface area (Å²) in [5.41, 5.74) is -0.434. The van der Waals surface area contributed by atoms with Crippen LogP contribution in [-0.2, 0) is 10.5 Å². The van der Waals surface area contributed by atoms with Crippen molar-refractivity contribution in [1.82, 2.24) is 0 Å². The van der Waals surface area contributed by atoms with Gasteiger partial charge in [-0.15, -0.1) is 0 Å². The Morgan fingerprint density at radius 1 is 1.37 bits per heavy atom. The molecule has 0 radical (unpaired) electrons. The van der Waals surface area contributed by atoms with Gasteiger partial charge >= 0.3 is 0 Å². The fourth-order valence-electron chi connectivity index (χ4n) is 2.44. The van der Waals surface area contributed by atoms with Gasteiger partial charge in [0.25, 0.3) is 0 Å². The average molecular weight is 272 g/mol. The second-order valence-electron chi connectivity index (χ2n) is 5.54. The number of benzene rings is 1. The molecule has 5 heteroatoms. The zero-order valence-electron chi connectivity index (χ0n) is 11.5. The van der Waals surface area contributed by atoms with Crippen molar-refractivity contribution in [3.8, 4) is 5.75 Å². The fourth-order valence-corrected chi connectivity index (χ4v) is 2.44. The van der Waals surface area contributed by atoms with E-state index in [1.54, 1.807) is 0 Å². The van der Waals surface area contributed by atoms with E-state index in [0.29, 0.717) is 6.42 Å². The Labute approximate surface area is 111 Å². The van der Waals surface area contributed by atoms with Crippen LogP contribution in [0.25, 0.3) is 0 Å². The maximum atomic E-state index is 13.7. The normalized spacial score (nSPS) is 29.5. The van der Waals surface area contributed by atoms with Gasteiger partial charge in [0, 0.05) is 6.42 Å². The topological polar surface area (TPSA) is 38.7 Å². The monoisotopic (exact) mass is 272 g/mol. The Kier molecular flexibility index (Phi) is 3.31. The summed E-state index contributed by atoms with van der Waals surface area (Å²) in [6.07, 6.45) is 0.293. The molecule has 1 heterocycles. The molecule has 0 aromatic heterocycles. The van der Waals surface area contributed by atoms with Crippen LogP contribution in [0, 0.1) is 17.6 Å². The minimum absolute atomic E-state index is 0.0651. The molecular weight excluding hydrogens is 254 g/mol. The lowest BCUT2D eigenvalue weighted by Crippen LogP contribution is -2.31. The molecule has 2 atom stereocenters. The SMILES string of the molecule is COc1c(C2(O)CC(C)C(C)(C)O2)ccc(F)c1F. The van der Waals surface area contributed by atoms with Crippen LogP contribution >= 0.6 is 0 Å². The third-order valence-corrected chi connectivity index (χ3v) is 3.88. The largest absolute Gasteiger partial charge is 0.493 e. The quantitative estimate of drug-likeness (QED) is 0.899. The van der Waals surface area contributed by atoms with Crippen molar-refractivity contribution in [3.63, 3.8) is 0 Å². The molecule has 0 bridgehead atoms. The summed E-state index contributed by atoms with van der Waals surface area (Å²) in [5.74, 6) is -4.05. The van der Waals surface area contributed by atoms with Crippen LogP contribution in [0.3, 0.4) is 0 Å². The molecule has 3 nitrogen and oxygen atoms in total. The fraction of sp³-hybridized carbons (Fsp3) is 0.571. The highest BCUT2D eigenvalue weighted by atomic mass is 19.2. The molecule has 106 valence electrons. The van der Waals surface area contributed by atoms with Crippen molar-refractivity contribution >= 4 is 0 Å². The van der Waals surface area contributed by atoms with Gasteiger partial charge in [0.15, 0.2) is 17.4 Å². The van der Waals surface area contributed by atoms with Crippen LogP contribution in [0.15, 0.2) is 12.1 Å². The summed E-state index contributed by atoms with van der Waals surface area (Å²) >= 11 is 0. The summed E-state index contributed by atoms with van der Waals surface area (Å²) in [5, 5.41) is 10.6. The van der Waals surface area contributed by atoms with Gasteiger partial charge in [0.1, 0.15) is 0 Å². The minimum Gasteiger partial charge on any atom is -0.493 e. The Morgan fingerprint density at radius 3 is 2.47 bits per heavy atom. The van der Waals surface area contributed by atoms with Crippen molar-refractivity contribution in [2.75, 3.05) is 7.11 Å². The highest BCUT2D eigenvalue weighted by molar-refractivity contribution is 5.39. The lowest BCUT2D eigenvalue weighted by molar-refractivity contribution is -0.224. The minimum atomic E-state index is -1.66. The van der Waals surface area contributed by atoms with E-state index in [0.717, 1.165) is 6.07 Å². The third kappa shape index (κ3) is 2.21. The van der Waals surface area contributed by atoms with Gasteiger partial charge in [0.2, 0.25) is 5.82 Å². The molecule has 0 spiro atoms. The van der Waals surface area contributed by atoms with Crippen LogP contribution in [0.4, 0.5) is 8.78 Å². The van der Waals surface area contributed by atoms with Crippen LogP contribution in [-0.4, -0.2) is 17.8 Å². The van der Waals surface area contributed by atoms with E-state index in [2.05, 4.69) is 0 Å². The van der Waals surface area contributed by atoms with Crippen molar-refractivity contribution in [2.24, 2.45) is 5.92 Å². The van der Waals surface area contributed by atoms with E-state index < -0.39 is 23.0 Å². The predicted octanol–water partition coefficient (Wildman–Crippen LogP) is 2.95. The highest BCUT2D eigenvalue weighted by Gasteiger charge is 2.50. The molecule has 19 heavy (non-hydrogen) atoms. The van der Waals surface area contributed by atoms with Gasteiger partial charge in [-0.2, -0.15) is 4.39 Å². The van der Waals surface area contributed by atoms with E-state index in [1.165, 1.54) is 13.2 Å². The molecule has 1 N–H and O–H groups in total. The number of ether oxygens (including phenoxy) is 2. The smallest absolute Gasteiger partial charge is 0.201 e. The summed E-state index contributed by atoms with van der Waals surface area (Å²) in [7, 11) is 1.23. The van der Waals surface area contributed by atoms with Gasteiger partial charge in [0.05, 0.1) is 18.3 Å². The second-order valence-corrected chi connectivity index (χ2v) is 5.54. The maximum Gasteiger partial charge on any atom is 0.201 e. The Bertz CT molecular complexity index is 502. The number of rotatable bonds is 2. The average Bonchev–Trinajstić information content (AvgIpc) is 2.52. The van der Waals surface area contributed by atoms with Crippen LogP contribution in [0.2, 0.25) is 0 Å². The predicted molar refractivity (Wildman–Crippen MR) is 65.8 cm³/mol. The molecule has 0 aliphatic carbocycles. The third-order valence-electron chi connectivity index (χ3n) is 3.88. The summed E-state index contributed by atoms with van der Waals surface area (Å²) in [4.78, 5) is 0. The van der Waals surface area contributed by atoms with Crippen molar-refractivity contribution in [3.05, 3.63) is 29.3 Å². The number of methoxy groups -OCH3 is 1. The number of aliphatic hydroxyl groups is 1. The summed E-state index contributed by atoms with van der Waals surface area (Å²) in [6, 6.07) is 2.26.